The van der Waals surface area contributed by atoms with Gasteiger partial charge < -0.3 is 10.2 Å². The molecule has 1 fully saturated rings. The summed E-state index contributed by atoms with van der Waals surface area (Å²) in [5.74, 6) is -0.129. The number of rotatable bonds is 3. The van der Waals surface area contributed by atoms with Crippen LogP contribution in [0.15, 0.2) is 18.2 Å². The Labute approximate surface area is 126 Å². The van der Waals surface area contributed by atoms with E-state index in [9.17, 15) is 9.18 Å². The molecule has 0 radical (unpaired) electrons. The highest BCUT2D eigenvalue weighted by atomic mass is 127. The van der Waals surface area contributed by atoms with Crippen LogP contribution in [0.1, 0.15) is 25.7 Å². The quantitative estimate of drug-likeness (QED) is 0.822. The van der Waals surface area contributed by atoms with Crippen LogP contribution in [0.5, 0.6) is 0 Å². The van der Waals surface area contributed by atoms with Gasteiger partial charge in [-0.05, 0) is 53.6 Å². The Morgan fingerprint density at radius 1 is 1.26 bits per heavy atom. The van der Waals surface area contributed by atoms with E-state index >= 15 is 0 Å². The van der Waals surface area contributed by atoms with E-state index in [1.54, 1.807) is 6.07 Å². The van der Waals surface area contributed by atoms with E-state index in [-0.39, 0.29) is 18.3 Å². The summed E-state index contributed by atoms with van der Waals surface area (Å²) in [4.78, 5) is 14.0. The van der Waals surface area contributed by atoms with Crippen LogP contribution in [0.4, 0.5) is 10.1 Å². The zero-order valence-electron chi connectivity index (χ0n) is 10.8. The van der Waals surface area contributed by atoms with Crippen LogP contribution in [0.25, 0.3) is 0 Å². The molecule has 1 saturated heterocycles. The first-order valence-corrected chi connectivity index (χ1v) is 7.71. The largest absolute Gasteiger partial charge is 0.375 e. The van der Waals surface area contributed by atoms with Crippen molar-refractivity contribution >= 4 is 34.2 Å². The molecule has 1 heterocycles. The molecular formula is C14H18FIN2O. The summed E-state index contributed by atoms with van der Waals surface area (Å²) >= 11 is 2.07. The van der Waals surface area contributed by atoms with Crippen LogP contribution in [-0.4, -0.2) is 30.4 Å². The third kappa shape index (κ3) is 4.33. The fourth-order valence-corrected chi connectivity index (χ4v) is 2.90. The minimum Gasteiger partial charge on any atom is -0.375 e. The molecule has 0 spiro atoms. The molecule has 0 unspecified atom stereocenters. The van der Waals surface area contributed by atoms with Crippen molar-refractivity contribution in [3.63, 3.8) is 0 Å². The van der Waals surface area contributed by atoms with Gasteiger partial charge in [-0.15, -0.1) is 0 Å². The highest BCUT2D eigenvalue weighted by Crippen LogP contribution is 2.19. The number of benzene rings is 1. The SMILES string of the molecule is O=C(CNc1ccc(F)cc1I)N1CCCCCC1. The summed E-state index contributed by atoms with van der Waals surface area (Å²) < 4.78 is 13.8. The third-order valence-corrected chi connectivity index (χ3v) is 4.21. The van der Waals surface area contributed by atoms with Gasteiger partial charge in [0, 0.05) is 22.3 Å². The molecule has 0 saturated carbocycles. The van der Waals surface area contributed by atoms with Gasteiger partial charge in [0.1, 0.15) is 5.82 Å². The maximum absolute atomic E-state index is 13.0. The number of carbonyl (C=O) groups is 1. The molecule has 1 amide bonds. The maximum Gasteiger partial charge on any atom is 0.241 e. The molecule has 0 aliphatic carbocycles. The minimum absolute atomic E-state index is 0.127. The summed E-state index contributed by atoms with van der Waals surface area (Å²) in [6.07, 6.45) is 4.62. The maximum atomic E-state index is 13.0. The molecule has 1 aliphatic heterocycles. The van der Waals surface area contributed by atoms with E-state index in [0.29, 0.717) is 0 Å². The van der Waals surface area contributed by atoms with Crippen molar-refractivity contribution < 1.29 is 9.18 Å². The van der Waals surface area contributed by atoms with Crippen molar-refractivity contribution in [3.05, 3.63) is 27.6 Å². The predicted octanol–water partition coefficient (Wildman–Crippen LogP) is 3.24. The number of amides is 1. The van der Waals surface area contributed by atoms with Crippen LogP contribution < -0.4 is 5.32 Å². The second-order valence-corrected chi connectivity index (χ2v) is 5.93. The molecule has 0 bridgehead atoms. The summed E-state index contributed by atoms with van der Waals surface area (Å²) in [5.41, 5.74) is 0.810. The molecule has 1 aliphatic rings. The minimum atomic E-state index is -0.256. The first kappa shape index (κ1) is 14.6. The number of anilines is 1. The Balaban J connectivity index is 1.88. The third-order valence-electron chi connectivity index (χ3n) is 3.32. The van der Waals surface area contributed by atoms with Crippen molar-refractivity contribution in [1.29, 1.82) is 0 Å². The van der Waals surface area contributed by atoms with Crippen LogP contribution in [-0.2, 0) is 4.79 Å². The molecule has 5 heteroatoms. The number of likely N-dealkylation sites (tertiary alicyclic amines) is 1. The van der Waals surface area contributed by atoms with Gasteiger partial charge in [0.2, 0.25) is 5.91 Å². The first-order valence-electron chi connectivity index (χ1n) is 6.63. The lowest BCUT2D eigenvalue weighted by molar-refractivity contribution is -0.129. The van der Waals surface area contributed by atoms with E-state index in [1.165, 1.54) is 25.0 Å². The Hall–Kier alpha value is -0.850. The monoisotopic (exact) mass is 376 g/mol. The molecule has 1 aromatic rings. The Morgan fingerprint density at radius 3 is 2.58 bits per heavy atom. The molecule has 104 valence electrons. The summed E-state index contributed by atoms with van der Waals surface area (Å²) in [5, 5.41) is 3.09. The highest BCUT2D eigenvalue weighted by molar-refractivity contribution is 14.1. The molecule has 3 nitrogen and oxygen atoms in total. The van der Waals surface area contributed by atoms with Gasteiger partial charge >= 0.3 is 0 Å². The van der Waals surface area contributed by atoms with Crippen molar-refractivity contribution in [2.75, 3.05) is 25.0 Å². The second-order valence-electron chi connectivity index (χ2n) is 4.77. The van der Waals surface area contributed by atoms with Gasteiger partial charge in [0.15, 0.2) is 0 Å². The zero-order chi connectivity index (χ0) is 13.7. The Kier molecular flexibility index (Phi) is 5.42. The van der Waals surface area contributed by atoms with Crippen molar-refractivity contribution in [2.45, 2.75) is 25.7 Å². The first-order chi connectivity index (χ1) is 9.16. The van der Waals surface area contributed by atoms with Crippen molar-refractivity contribution in [2.24, 2.45) is 0 Å². The van der Waals surface area contributed by atoms with Crippen LogP contribution in [0.3, 0.4) is 0 Å². The van der Waals surface area contributed by atoms with Crippen molar-refractivity contribution in [3.8, 4) is 0 Å². The fraction of sp³-hybridized carbons (Fsp3) is 0.500. The van der Waals surface area contributed by atoms with E-state index < -0.39 is 0 Å². The number of hydrogen-bond donors (Lipinski definition) is 1. The lowest BCUT2D eigenvalue weighted by Gasteiger charge is -2.21. The van der Waals surface area contributed by atoms with E-state index in [2.05, 4.69) is 27.9 Å². The highest BCUT2D eigenvalue weighted by Gasteiger charge is 2.15. The van der Waals surface area contributed by atoms with E-state index in [4.69, 9.17) is 0 Å². The Bertz CT molecular complexity index is 445. The topological polar surface area (TPSA) is 32.3 Å². The van der Waals surface area contributed by atoms with Gasteiger partial charge in [-0.25, -0.2) is 4.39 Å². The number of nitrogens with one attached hydrogen (secondary N) is 1. The summed E-state index contributed by atoms with van der Waals surface area (Å²) in [7, 11) is 0. The van der Waals surface area contributed by atoms with Crippen LogP contribution in [0.2, 0.25) is 0 Å². The van der Waals surface area contributed by atoms with Gasteiger partial charge in [-0.1, -0.05) is 12.8 Å². The zero-order valence-corrected chi connectivity index (χ0v) is 13.0. The number of nitrogens with zero attached hydrogens (tertiary/aromatic N) is 1. The fourth-order valence-electron chi connectivity index (χ4n) is 2.24. The predicted molar refractivity (Wildman–Crippen MR) is 82.7 cm³/mol. The second kappa shape index (κ2) is 7.07. The van der Waals surface area contributed by atoms with Crippen LogP contribution >= 0.6 is 22.6 Å². The standard InChI is InChI=1S/C14H18FIN2O/c15-11-5-6-13(12(16)9-11)17-10-14(19)18-7-3-1-2-4-8-18/h5-6,9,17H,1-4,7-8,10H2. The average Bonchev–Trinajstić information content (AvgIpc) is 2.66. The molecule has 19 heavy (non-hydrogen) atoms. The molecule has 1 N–H and O–H groups in total. The van der Waals surface area contributed by atoms with Crippen molar-refractivity contribution in [1.82, 2.24) is 4.90 Å². The summed E-state index contributed by atoms with van der Waals surface area (Å²) in [6, 6.07) is 4.53. The average molecular weight is 376 g/mol. The molecule has 0 atom stereocenters. The van der Waals surface area contributed by atoms with Gasteiger partial charge in [-0.3, -0.25) is 4.79 Å². The molecule has 1 aromatic carbocycles. The lowest BCUT2D eigenvalue weighted by atomic mass is 10.2. The van der Waals surface area contributed by atoms with Gasteiger partial charge in [-0.2, -0.15) is 0 Å². The summed E-state index contributed by atoms with van der Waals surface area (Å²) in [6.45, 7) is 2.00. The normalized spacial score (nSPS) is 16.0. The number of hydrogen-bond acceptors (Lipinski definition) is 2. The smallest absolute Gasteiger partial charge is 0.241 e. The van der Waals surface area contributed by atoms with E-state index in [1.807, 2.05) is 4.90 Å². The van der Waals surface area contributed by atoms with Gasteiger partial charge in [0.25, 0.3) is 0 Å². The van der Waals surface area contributed by atoms with Gasteiger partial charge in [0.05, 0.1) is 6.54 Å². The lowest BCUT2D eigenvalue weighted by Crippen LogP contribution is -2.36. The molecule has 0 aromatic heterocycles. The number of carbonyl (C=O) groups excluding carboxylic acids is 1. The van der Waals surface area contributed by atoms with Crippen LogP contribution in [0, 0.1) is 9.39 Å². The number of halogens is 2. The molecule has 2 rings (SSSR count). The van der Waals surface area contributed by atoms with E-state index in [0.717, 1.165) is 35.2 Å². The Morgan fingerprint density at radius 2 is 1.95 bits per heavy atom. The molecular weight excluding hydrogens is 358 g/mol.